The third-order valence-electron chi connectivity index (χ3n) is 1.98. The summed E-state index contributed by atoms with van der Waals surface area (Å²) >= 11 is 0. The first-order valence-corrected chi connectivity index (χ1v) is 6.52. The minimum absolute atomic E-state index is 0.464. The maximum absolute atomic E-state index is 9.58. The molecular formula is C9H15BO6Si. The maximum atomic E-state index is 9.58. The molecule has 0 aliphatic heterocycles. The predicted molar refractivity (Wildman–Crippen MR) is 62.9 cm³/mol. The number of hydrogen-bond donors (Lipinski definition) is 1. The van der Waals surface area contributed by atoms with E-state index in [9.17, 15) is 5.02 Å². The second-order valence-electron chi connectivity index (χ2n) is 2.97. The van der Waals surface area contributed by atoms with E-state index < -0.39 is 16.4 Å². The van der Waals surface area contributed by atoms with Crippen molar-refractivity contribution >= 4 is 16.4 Å². The van der Waals surface area contributed by atoms with Gasteiger partial charge < -0.3 is 27.3 Å². The van der Waals surface area contributed by atoms with Crippen molar-refractivity contribution in [1.29, 1.82) is 0 Å². The highest BCUT2D eigenvalue weighted by Gasteiger charge is 2.47. The largest absolute Gasteiger partial charge is 0.704 e. The Morgan fingerprint density at radius 1 is 1.00 bits per heavy atom. The second-order valence-corrected chi connectivity index (χ2v) is 5.43. The highest BCUT2D eigenvalue weighted by molar-refractivity contribution is 6.61. The van der Waals surface area contributed by atoms with Gasteiger partial charge in [0.1, 0.15) is 5.75 Å². The molecule has 0 heterocycles. The van der Waals surface area contributed by atoms with Crippen LogP contribution in [0.5, 0.6) is 5.75 Å². The fraction of sp³-hybridized carbons (Fsp3) is 0.333. The Hall–Kier alpha value is -0.898. The minimum atomic E-state index is -3.31. The van der Waals surface area contributed by atoms with Crippen molar-refractivity contribution in [2.45, 2.75) is 0 Å². The van der Waals surface area contributed by atoms with Gasteiger partial charge in [0.05, 0.1) is 0 Å². The van der Waals surface area contributed by atoms with E-state index in [2.05, 4.69) is 0 Å². The van der Waals surface area contributed by atoms with Crippen LogP contribution in [-0.4, -0.2) is 42.7 Å². The van der Waals surface area contributed by atoms with Gasteiger partial charge in [0.2, 0.25) is 0 Å². The zero-order chi connectivity index (χ0) is 12.7. The molecule has 0 aliphatic carbocycles. The first-order valence-electron chi connectivity index (χ1n) is 4.89. The van der Waals surface area contributed by atoms with Gasteiger partial charge in [-0.1, -0.05) is 18.2 Å². The standard InChI is InChI=1S/C9H15BO6Si/c1-12-17(13-2,14-3)16-10(11)15-9-7-5-4-6-8-9/h4-8,11H,1-3H3. The third kappa shape index (κ3) is 4.11. The summed E-state index contributed by atoms with van der Waals surface area (Å²) in [6.45, 7) is 0. The van der Waals surface area contributed by atoms with Crippen molar-refractivity contribution in [1.82, 2.24) is 0 Å². The van der Waals surface area contributed by atoms with E-state index >= 15 is 0 Å². The van der Waals surface area contributed by atoms with Gasteiger partial charge >= 0.3 is 16.4 Å². The Morgan fingerprint density at radius 3 is 2.00 bits per heavy atom. The lowest BCUT2D eigenvalue weighted by atomic mass is 10.2. The molecule has 0 saturated heterocycles. The van der Waals surface area contributed by atoms with Crippen LogP contribution >= 0.6 is 0 Å². The lowest BCUT2D eigenvalue weighted by molar-refractivity contribution is 0.0349. The SMILES string of the molecule is CO[Si](OC)(OC)OB(O)Oc1ccccc1. The zero-order valence-corrected chi connectivity index (χ0v) is 11.0. The molecule has 6 nitrogen and oxygen atoms in total. The molecule has 1 rings (SSSR count). The number of hydrogen-bond acceptors (Lipinski definition) is 6. The van der Waals surface area contributed by atoms with Crippen LogP contribution < -0.4 is 4.65 Å². The molecule has 0 spiro atoms. The Labute approximate surface area is 102 Å². The molecule has 0 aliphatic rings. The fourth-order valence-corrected chi connectivity index (χ4v) is 2.24. The molecule has 0 aromatic heterocycles. The van der Waals surface area contributed by atoms with Gasteiger partial charge in [-0.25, -0.2) is 0 Å². The van der Waals surface area contributed by atoms with Crippen LogP contribution in [0.1, 0.15) is 0 Å². The number of rotatable bonds is 7. The zero-order valence-electron chi connectivity index (χ0n) is 9.95. The molecule has 8 heteroatoms. The molecule has 1 aromatic rings. The molecule has 94 valence electrons. The van der Waals surface area contributed by atoms with Crippen molar-refractivity contribution in [3.8, 4) is 5.75 Å². The number of para-hydroxylation sites is 1. The van der Waals surface area contributed by atoms with E-state index in [0.29, 0.717) is 5.75 Å². The summed E-state index contributed by atoms with van der Waals surface area (Å²) in [7, 11) is -0.725. The van der Waals surface area contributed by atoms with E-state index in [1.165, 1.54) is 21.3 Å². The monoisotopic (exact) mass is 258 g/mol. The van der Waals surface area contributed by atoms with Crippen molar-refractivity contribution in [2.24, 2.45) is 0 Å². The molecule has 0 fully saturated rings. The molecular weight excluding hydrogens is 243 g/mol. The molecule has 17 heavy (non-hydrogen) atoms. The van der Waals surface area contributed by atoms with Crippen LogP contribution in [-0.2, 0) is 17.6 Å². The van der Waals surface area contributed by atoms with Crippen LogP contribution in [0.15, 0.2) is 30.3 Å². The second kappa shape index (κ2) is 6.74. The molecule has 1 N–H and O–H groups in total. The molecule has 0 atom stereocenters. The van der Waals surface area contributed by atoms with Crippen LogP contribution in [0.25, 0.3) is 0 Å². The van der Waals surface area contributed by atoms with Crippen molar-refractivity contribution in [3.05, 3.63) is 30.3 Å². The summed E-state index contributed by atoms with van der Waals surface area (Å²) in [5, 5.41) is 9.58. The number of benzene rings is 1. The summed E-state index contributed by atoms with van der Waals surface area (Å²) in [6.07, 6.45) is 0. The van der Waals surface area contributed by atoms with Crippen molar-refractivity contribution in [2.75, 3.05) is 21.3 Å². The van der Waals surface area contributed by atoms with Crippen LogP contribution in [0, 0.1) is 0 Å². The Kier molecular flexibility index (Phi) is 5.62. The molecule has 0 saturated carbocycles. The summed E-state index contributed by atoms with van der Waals surface area (Å²) < 4.78 is 25.1. The van der Waals surface area contributed by atoms with E-state index in [4.69, 9.17) is 22.3 Å². The Balaban J connectivity index is 2.56. The third-order valence-corrected chi connectivity index (χ3v) is 3.97. The topological polar surface area (TPSA) is 66.4 Å². The predicted octanol–water partition coefficient (Wildman–Crippen LogP) is 0.434. The fourth-order valence-electron chi connectivity index (χ4n) is 1.16. The van der Waals surface area contributed by atoms with Gasteiger partial charge in [0, 0.05) is 21.3 Å². The lowest BCUT2D eigenvalue weighted by Gasteiger charge is -2.24. The minimum Gasteiger partial charge on any atom is -0.512 e. The van der Waals surface area contributed by atoms with E-state index in [0.717, 1.165) is 0 Å². The molecule has 0 bridgehead atoms. The molecule has 1 aromatic carbocycles. The Bertz CT molecular complexity index is 312. The van der Waals surface area contributed by atoms with Gasteiger partial charge in [-0.05, 0) is 12.1 Å². The van der Waals surface area contributed by atoms with E-state index in [1.807, 2.05) is 6.07 Å². The van der Waals surface area contributed by atoms with Crippen LogP contribution in [0.2, 0.25) is 0 Å². The molecule has 0 amide bonds. The molecule has 0 unspecified atom stereocenters. The average Bonchev–Trinajstić information content (AvgIpc) is 2.37. The van der Waals surface area contributed by atoms with Crippen LogP contribution in [0.4, 0.5) is 0 Å². The van der Waals surface area contributed by atoms with Crippen molar-refractivity contribution in [3.63, 3.8) is 0 Å². The van der Waals surface area contributed by atoms with Gasteiger partial charge in [0.25, 0.3) is 0 Å². The summed E-state index contributed by atoms with van der Waals surface area (Å²) in [4.78, 5) is 0. The van der Waals surface area contributed by atoms with Gasteiger partial charge in [-0.2, -0.15) is 0 Å². The molecule has 0 radical (unpaired) electrons. The highest BCUT2D eigenvalue weighted by Crippen LogP contribution is 2.13. The summed E-state index contributed by atoms with van der Waals surface area (Å²) in [6, 6.07) is 8.74. The first-order chi connectivity index (χ1) is 8.15. The smallest absolute Gasteiger partial charge is 0.512 e. The Morgan fingerprint density at radius 2 is 1.53 bits per heavy atom. The maximum Gasteiger partial charge on any atom is 0.704 e. The van der Waals surface area contributed by atoms with Gasteiger partial charge in [0.15, 0.2) is 0 Å². The van der Waals surface area contributed by atoms with E-state index in [1.54, 1.807) is 24.3 Å². The van der Waals surface area contributed by atoms with Gasteiger partial charge in [-0.3, -0.25) is 0 Å². The van der Waals surface area contributed by atoms with Crippen molar-refractivity contribution < 1.29 is 27.3 Å². The normalized spacial score (nSPS) is 11.3. The lowest BCUT2D eigenvalue weighted by Crippen LogP contribution is -2.52. The first kappa shape index (κ1) is 14.2. The highest BCUT2D eigenvalue weighted by atomic mass is 28.4. The van der Waals surface area contributed by atoms with E-state index in [-0.39, 0.29) is 0 Å². The van der Waals surface area contributed by atoms with Gasteiger partial charge in [-0.15, -0.1) is 0 Å². The van der Waals surface area contributed by atoms with Crippen LogP contribution in [0.3, 0.4) is 0 Å². The average molecular weight is 258 g/mol. The quantitative estimate of drug-likeness (QED) is 0.715. The summed E-state index contributed by atoms with van der Waals surface area (Å²) in [5.41, 5.74) is 0. The summed E-state index contributed by atoms with van der Waals surface area (Å²) in [5.74, 6) is 0.464.